The van der Waals surface area contributed by atoms with Gasteiger partial charge in [-0.3, -0.25) is 10.9 Å². The first-order chi connectivity index (χ1) is 7.93. The number of fused-ring (bicyclic) bond motifs is 1. The molecule has 1 saturated heterocycles. The number of nitrogens with one attached hydrogen (secondary N) is 2. The minimum atomic E-state index is 0.547. The van der Waals surface area contributed by atoms with Gasteiger partial charge in [-0.2, -0.15) is 0 Å². The van der Waals surface area contributed by atoms with Gasteiger partial charge < -0.3 is 9.64 Å². The molecule has 3 rings (SSSR count). The molecule has 0 saturated carbocycles. The zero-order valence-electron chi connectivity index (χ0n) is 9.28. The Balaban J connectivity index is 1.76. The van der Waals surface area contributed by atoms with E-state index >= 15 is 0 Å². The van der Waals surface area contributed by atoms with E-state index in [1.165, 1.54) is 12.1 Å². The van der Waals surface area contributed by atoms with E-state index in [-0.39, 0.29) is 0 Å². The molecule has 1 aromatic carbocycles. The fourth-order valence-corrected chi connectivity index (χ4v) is 2.35. The van der Waals surface area contributed by atoms with Crippen molar-refractivity contribution < 1.29 is 4.74 Å². The highest BCUT2D eigenvalue weighted by Gasteiger charge is 2.22. The standard InChI is InChI=1S/C12H17N3O/c1-2-4-12-11(3-1)15(7-8-16-12)9-10-5-6-13-14-10/h1-4,10,13-14H,5-9H2. The summed E-state index contributed by atoms with van der Waals surface area (Å²) in [5.41, 5.74) is 7.70. The van der Waals surface area contributed by atoms with Gasteiger partial charge in [0.25, 0.3) is 0 Å². The van der Waals surface area contributed by atoms with Crippen molar-refractivity contribution >= 4 is 5.69 Å². The van der Waals surface area contributed by atoms with E-state index < -0.39 is 0 Å². The molecule has 0 amide bonds. The van der Waals surface area contributed by atoms with Crippen molar-refractivity contribution in [2.45, 2.75) is 12.5 Å². The summed E-state index contributed by atoms with van der Waals surface area (Å²) in [4.78, 5) is 2.41. The first-order valence-corrected chi connectivity index (χ1v) is 5.88. The van der Waals surface area contributed by atoms with E-state index in [0.29, 0.717) is 6.04 Å². The van der Waals surface area contributed by atoms with Crippen LogP contribution in [0.15, 0.2) is 24.3 Å². The minimum absolute atomic E-state index is 0.547. The van der Waals surface area contributed by atoms with Crippen LogP contribution in [0.1, 0.15) is 6.42 Å². The molecule has 2 heterocycles. The quantitative estimate of drug-likeness (QED) is 0.769. The number of hydrogen-bond donors (Lipinski definition) is 2. The van der Waals surface area contributed by atoms with Gasteiger partial charge in [0.2, 0.25) is 0 Å². The molecule has 16 heavy (non-hydrogen) atoms. The lowest BCUT2D eigenvalue weighted by atomic mass is 10.2. The second kappa shape index (κ2) is 4.31. The van der Waals surface area contributed by atoms with Gasteiger partial charge in [-0.15, -0.1) is 0 Å². The largest absolute Gasteiger partial charge is 0.490 e. The molecule has 2 aliphatic rings. The fraction of sp³-hybridized carbons (Fsp3) is 0.500. The second-order valence-corrected chi connectivity index (χ2v) is 4.32. The number of para-hydroxylation sites is 2. The number of anilines is 1. The van der Waals surface area contributed by atoms with E-state index in [1.807, 2.05) is 12.1 Å². The van der Waals surface area contributed by atoms with E-state index in [9.17, 15) is 0 Å². The van der Waals surface area contributed by atoms with Gasteiger partial charge in [-0.05, 0) is 18.6 Å². The van der Waals surface area contributed by atoms with Gasteiger partial charge in [0.15, 0.2) is 0 Å². The van der Waals surface area contributed by atoms with Crippen molar-refractivity contribution in [3.8, 4) is 5.75 Å². The van der Waals surface area contributed by atoms with Gasteiger partial charge in [-0.1, -0.05) is 12.1 Å². The lowest BCUT2D eigenvalue weighted by molar-refractivity contribution is 0.304. The van der Waals surface area contributed by atoms with Gasteiger partial charge in [0.05, 0.1) is 12.2 Å². The third-order valence-electron chi connectivity index (χ3n) is 3.19. The molecule has 0 aliphatic carbocycles. The molecule has 4 nitrogen and oxygen atoms in total. The third kappa shape index (κ3) is 1.86. The topological polar surface area (TPSA) is 36.5 Å². The predicted octanol–water partition coefficient (Wildman–Crippen LogP) is 0.752. The molecule has 1 atom stereocenters. The molecule has 0 bridgehead atoms. The van der Waals surface area contributed by atoms with Crippen molar-refractivity contribution in [1.29, 1.82) is 0 Å². The minimum Gasteiger partial charge on any atom is -0.490 e. The highest BCUT2D eigenvalue weighted by atomic mass is 16.5. The summed E-state index contributed by atoms with van der Waals surface area (Å²) < 4.78 is 5.64. The Labute approximate surface area is 95.6 Å². The maximum absolute atomic E-state index is 5.64. The summed E-state index contributed by atoms with van der Waals surface area (Å²) in [5, 5.41) is 0. The van der Waals surface area contributed by atoms with Crippen LogP contribution in [0.3, 0.4) is 0 Å². The summed E-state index contributed by atoms with van der Waals surface area (Å²) in [6, 6.07) is 8.82. The Hall–Kier alpha value is -1.26. The van der Waals surface area contributed by atoms with E-state index in [1.54, 1.807) is 0 Å². The Kier molecular flexibility index (Phi) is 2.68. The van der Waals surface area contributed by atoms with Crippen molar-refractivity contribution in [2.24, 2.45) is 0 Å². The van der Waals surface area contributed by atoms with Crippen LogP contribution in [0, 0.1) is 0 Å². The average molecular weight is 219 g/mol. The smallest absolute Gasteiger partial charge is 0.142 e. The molecular formula is C12H17N3O. The molecule has 2 aliphatic heterocycles. The second-order valence-electron chi connectivity index (χ2n) is 4.32. The molecular weight excluding hydrogens is 202 g/mol. The van der Waals surface area contributed by atoms with Crippen molar-refractivity contribution in [2.75, 3.05) is 31.1 Å². The van der Waals surface area contributed by atoms with Gasteiger partial charge >= 0.3 is 0 Å². The number of ether oxygens (including phenoxy) is 1. The lowest BCUT2D eigenvalue weighted by Crippen LogP contribution is -2.43. The molecule has 1 aromatic rings. The zero-order valence-corrected chi connectivity index (χ0v) is 9.28. The van der Waals surface area contributed by atoms with Gasteiger partial charge in [0.1, 0.15) is 12.4 Å². The first-order valence-electron chi connectivity index (χ1n) is 5.88. The van der Waals surface area contributed by atoms with Crippen LogP contribution in [0.5, 0.6) is 5.75 Å². The van der Waals surface area contributed by atoms with Crippen LogP contribution >= 0.6 is 0 Å². The monoisotopic (exact) mass is 219 g/mol. The summed E-state index contributed by atoms with van der Waals surface area (Å²) >= 11 is 0. The maximum atomic E-state index is 5.64. The maximum Gasteiger partial charge on any atom is 0.142 e. The van der Waals surface area contributed by atoms with Crippen LogP contribution in [0.2, 0.25) is 0 Å². The highest BCUT2D eigenvalue weighted by molar-refractivity contribution is 5.59. The average Bonchev–Trinajstić information content (AvgIpc) is 2.82. The molecule has 1 fully saturated rings. The summed E-state index contributed by atoms with van der Waals surface area (Å²) in [6.07, 6.45) is 1.19. The lowest BCUT2D eigenvalue weighted by Gasteiger charge is -2.32. The summed E-state index contributed by atoms with van der Waals surface area (Å²) in [7, 11) is 0. The van der Waals surface area contributed by atoms with Gasteiger partial charge in [0, 0.05) is 19.1 Å². The van der Waals surface area contributed by atoms with Crippen molar-refractivity contribution in [3.63, 3.8) is 0 Å². The third-order valence-corrected chi connectivity index (χ3v) is 3.19. The zero-order chi connectivity index (χ0) is 10.8. The van der Waals surface area contributed by atoms with E-state index in [4.69, 9.17) is 4.74 Å². The van der Waals surface area contributed by atoms with Crippen molar-refractivity contribution in [1.82, 2.24) is 10.9 Å². The van der Waals surface area contributed by atoms with Crippen LogP contribution < -0.4 is 20.5 Å². The fourth-order valence-electron chi connectivity index (χ4n) is 2.35. The van der Waals surface area contributed by atoms with Crippen LogP contribution in [0.4, 0.5) is 5.69 Å². The normalized spacial score (nSPS) is 24.0. The molecule has 1 unspecified atom stereocenters. The highest BCUT2D eigenvalue weighted by Crippen LogP contribution is 2.30. The van der Waals surface area contributed by atoms with E-state index in [2.05, 4.69) is 27.9 Å². The predicted molar refractivity (Wildman–Crippen MR) is 63.7 cm³/mol. The Morgan fingerprint density at radius 2 is 2.31 bits per heavy atom. The molecule has 0 radical (unpaired) electrons. The Morgan fingerprint density at radius 3 is 3.19 bits per heavy atom. The first kappa shape index (κ1) is 9.93. The molecule has 0 spiro atoms. The molecule has 0 aromatic heterocycles. The number of nitrogens with zero attached hydrogens (tertiary/aromatic N) is 1. The summed E-state index contributed by atoms with van der Waals surface area (Å²) in [6.45, 7) is 3.89. The van der Waals surface area contributed by atoms with Crippen LogP contribution in [-0.2, 0) is 0 Å². The molecule has 2 N–H and O–H groups in total. The molecule has 4 heteroatoms. The number of hydrogen-bond acceptors (Lipinski definition) is 4. The van der Waals surface area contributed by atoms with Crippen LogP contribution in [-0.4, -0.2) is 32.3 Å². The molecule has 86 valence electrons. The van der Waals surface area contributed by atoms with Crippen LogP contribution in [0.25, 0.3) is 0 Å². The van der Waals surface area contributed by atoms with Crippen molar-refractivity contribution in [3.05, 3.63) is 24.3 Å². The number of hydrazine groups is 1. The summed E-state index contributed by atoms with van der Waals surface area (Å²) in [5.74, 6) is 1.01. The van der Waals surface area contributed by atoms with E-state index in [0.717, 1.165) is 32.0 Å². The number of benzene rings is 1. The van der Waals surface area contributed by atoms with Gasteiger partial charge in [-0.25, -0.2) is 0 Å². The Bertz CT molecular complexity index is 363. The Morgan fingerprint density at radius 1 is 1.38 bits per heavy atom. The SMILES string of the molecule is c1ccc2c(c1)OCCN2CC1CCNN1. The number of rotatable bonds is 2.